The van der Waals surface area contributed by atoms with E-state index in [2.05, 4.69) is 41.6 Å². The molecule has 3 heteroatoms. The molecule has 86 valence electrons. The van der Waals surface area contributed by atoms with Gasteiger partial charge in [0.15, 0.2) is 0 Å². The van der Waals surface area contributed by atoms with E-state index in [-0.39, 0.29) is 0 Å². The zero-order valence-corrected chi connectivity index (χ0v) is 10.0. The fraction of sp³-hybridized carbons (Fsp3) is 0.462. The highest BCUT2D eigenvalue weighted by Gasteiger charge is 2.08. The molecule has 0 aliphatic heterocycles. The minimum Gasteiger partial charge on any atom is -0.328 e. The number of imidazole rings is 1. The first-order chi connectivity index (χ1) is 7.80. The quantitative estimate of drug-likeness (QED) is 0.855. The summed E-state index contributed by atoms with van der Waals surface area (Å²) in [6, 6.07) is 6.32. The van der Waals surface area contributed by atoms with Crippen molar-refractivity contribution < 1.29 is 0 Å². The van der Waals surface area contributed by atoms with Crippen molar-refractivity contribution in [1.29, 1.82) is 0 Å². The standard InChI is InChI=1S/C13H19N3/c1-3-5-13-15-11-8-10(9-14)6-7-12(11)16(13)4-2/h6-8H,3-5,9,14H2,1-2H3. The van der Waals surface area contributed by atoms with Crippen LogP contribution in [0.1, 0.15) is 31.7 Å². The molecule has 0 unspecified atom stereocenters. The number of hydrogen-bond donors (Lipinski definition) is 1. The molecule has 0 spiro atoms. The van der Waals surface area contributed by atoms with Crippen LogP contribution in [0.25, 0.3) is 11.0 Å². The molecule has 0 atom stereocenters. The normalized spacial score (nSPS) is 11.2. The number of nitrogens with zero attached hydrogens (tertiary/aromatic N) is 2. The number of benzene rings is 1. The van der Waals surface area contributed by atoms with Crippen LogP contribution in [0.3, 0.4) is 0 Å². The lowest BCUT2D eigenvalue weighted by Crippen LogP contribution is -2.01. The second-order valence-corrected chi connectivity index (χ2v) is 4.05. The molecule has 16 heavy (non-hydrogen) atoms. The van der Waals surface area contributed by atoms with Crippen molar-refractivity contribution >= 4 is 11.0 Å². The zero-order valence-electron chi connectivity index (χ0n) is 10.0. The third kappa shape index (κ3) is 1.83. The predicted octanol–water partition coefficient (Wildman–Crippen LogP) is 2.47. The molecule has 2 aromatic rings. The lowest BCUT2D eigenvalue weighted by atomic mass is 10.2. The average molecular weight is 217 g/mol. The van der Waals surface area contributed by atoms with Gasteiger partial charge in [-0.3, -0.25) is 0 Å². The van der Waals surface area contributed by atoms with Crippen LogP contribution in [0.4, 0.5) is 0 Å². The van der Waals surface area contributed by atoms with Crippen LogP contribution in [-0.4, -0.2) is 9.55 Å². The van der Waals surface area contributed by atoms with Gasteiger partial charge in [0.2, 0.25) is 0 Å². The Morgan fingerprint density at radius 2 is 2.12 bits per heavy atom. The van der Waals surface area contributed by atoms with Gasteiger partial charge >= 0.3 is 0 Å². The van der Waals surface area contributed by atoms with Gasteiger partial charge in [-0.25, -0.2) is 4.98 Å². The number of nitrogens with two attached hydrogens (primary N) is 1. The van der Waals surface area contributed by atoms with Gasteiger partial charge in [-0.05, 0) is 31.0 Å². The second-order valence-electron chi connectivity index (χ2n) is 4.05. The number of fused-ring (bicyclic) bond motifs is 1. The SMILES string of the molecule is CCCc1nc2cc(CN)ccc2n1CC. The molecule has 2 N–H and O–H groups in total. The van der Waals surface area contributed by atoms with Crippen molar-refractivity contribution in [3.8, 4) is 0 Å². The summed E-state index contributed by atoms with van der Waals surface area (Å²) in [6.45, 7) is 5.91. The van der Waals surface area contributed by atoms with Gasteiger partial charge in [-0.2, -0.15) is 0 Å². The molecule has 1 aromatic heterocycles. The third-order valence-corrected chi connectivity index (χ3v) is 2.92. The molecular formula is C13H19N3. The van der Waals surface area contributed by atoms with Crippen molar-refractivity contribution in [3.63, 3.8) is 0 Å². The van der Waals surface area contributed by atoms with Gasteiger partial charge in [0.05, 0.1) is 11.0 Å². The molecule has 0 aliphatic carbocycles. The number of hydrogen-bond acceptors (Lipinski definition) is 2. The molecule has 0 radical (unpaired) electrons. The fourth-order valence-electron chi connectivity index (χ4n) is 2.12. The molecule has 0 aliphatic rings. The summed E-state index contributed by atoms with van der Waals surface area (Å²) < 4.78 is 2.29. The van der Waals surface area contributed by atoms with Crippen molar-refractivity contribution in [2.75, 3.05) is 0 Å². The molecular weight excluding hydrogens is 198 g/mol. The first-order valence-electron chi connectivity index (χ1n) is 5.98. The van der Waals surface area contributed by atoms with Gasteiger partial charge in [0.1, 0.15) is 5.82 Å². The van der Waals surface area contributed by atoms with E-state index in [0.717, 1.165) is 30.5 Å². The lowest BCUT2D eigenvalue weighted by Gasteiger charge is -2.04. The van der Waals surface area contributed by atoms with Gasteiger partial charge in [-0.15, -0.1) is 0 Å². The minimum atomic E-state index is 0.581. The van der Waals surface area contributed by atoms with Crippen LogP contribution in [0, 0.1) is 0 Å². The third-order valence-electron chi connectivity index (χ3n) is 2.92. The maximum atomic E-state index is 5.64. The highest BCUT2D eigenvalue weighted by molar-refractivity contribution is 5.77. The van der Waals surface area contributed by atoms with Crippen molar-refractivity contribution in [2.45, 2.75) is 39.8 Å². The Hall–Kier alpha value is -1.35. The number of aryl methyl sites for hydroxylation is 2. The Balaban J connectivity index is 2.57. The van der Waals surface area contributed by atoms with Crippen LogP contribution in [0.5, 0.6) is 0 Å². The van der Waals surface area contributed by atoms with Crippen LogP contribution in [-0.2, 0) is 19.5 Å². The predicted molar refractivity (Wildman–Crippen MR) is 67.3 cm³/mol. The molecule has 0 saturated heterocycles. The van der Waals surface area contributed by atoms with Crippen LogP contribution < -0.4 is 5.73 Å². The molecule has 1 heterocycles. The van der Waals surface area contributed by atoms with E-state index in [9.17, 15) is 0 Å². The molecule has 0 bridgehead atoms. The van der Waals surface area contributed by atoms with Crippen LogP contribution in [0.2, 0.25) is 0 Å². The topological polar surface area (TPSA) is 43.8 Å². The Morgan fingerprint density at radius 1 is 1.31 bits per heavy atom. The van der Waals surface area contributed by atoms with E-state index in [1.807, 2.05) is 0 Å². The fourth-order valence-corrected chi connectivity index (χ4v) is 2.12. The largest absolute Gasteiger partial charge is 0.328 e. The summed E-state index contributed by atoms with van der Waals surface area (Å²) in [5, 5.41) is 0. The highest BCUT2D eigenvalue weighted by atomic mass is 15.1. The van der Waals surface area contributed by atoms with E-state index in [1.165, 1.54) is 11.3 Å². The van der Waals surface area contributed by atoms with Gasteiger partial charge < -0.3 is 10.3 Å². The molecule has 1 aromatic carbocycles. The van der Waals surface area contributed by atoms with E-state index in [1.54, 1.807) is 0 Å². The second kappa shape index (κ2) is 4.66. The number of aromatic nitrogens is 2. The summed E-state index contributed by atoms with van der Waals surface area (Å²) >= 11 is 0. The molecule has 0 saturated carbocycles. The van der Waals surface area contributed by atoms with Gasteiger partial charge in [-0.1, -0.05) is 13.0 Å². The molecule has 2 rings (SSSR count). The van der Waals surface area contributed by atoms with Crippen LogP contribution in [0.15, 0.2) is 18.2 Å². The summed E-state index contributed by atoms with van der Waals surface area (Å²) in [5.41, 5.74) is 9.09. The Kier molecular flexibility index (Phi) is 3.25. The summed E-state index contributed by atoms with van der Waals surface area (Å²) in [7, 11) is 0. The van der Waals surface area contributed by atoms with Crippen molar-refractivity contribution in [1.82, 2.24) is 9.55 Å². The molecule has 0 amide bonds. The van der Waals surface area contributed by atoms with Crippen LogP contribution >= 0.6 is 0 Å². The van der Waals surface area contributed by atoms with E-state index in [4.69, 9.17) is 5.73 Å². The monoisotopic (exact) mass is 217 g/mol. The van der Waals surface area contributed by atoms with Gasteiger partial charge in [0, 0.05) is 19.5 Å². The van der Waals surface area contributed by atoms with E-state index < -0.39 is 0 Å². The summed E-state index contributed by atoms with van der Waals surface area (Å²) in [6.07, 6.45) is 2.17. The first kappa shape index (κ1) is 11.1. The maximum Gasteiger partial charge on any atom is 0.109 e. The maximum absolute atomic E-state index is 5.64. The lowest BCUT2D eigenvalue weighted by molar-refractivity contribution is 0.700. The van der Waals surface area contributed by atoms with E-state index >= 15 is 0 Å². The Bertz CT molecular complexity index is 485. The van der Waals surface area contributed by atoms with Crippen molar-refractivity contribution in [3.05, 3.63) is 29.6 Å². The zero-order chi connectivity index (χ0) is 11.5. The Labute approximate surface area is 96.3 Å². The van der Waals surface area contributed by atoms with Gasteiger partial charge in [0.25, 0.3) is 0 Å². The summed E-state index contributed by atoms with van der Waals surface area (Å²) in [4.78, 5) is 4.69. The minimum absolute atomic E-state index is 0.581. The first-order valence-corrected chi connectivity index (χ1v) is 5.98. The highest BCUT2D eigenvalue weighted by Crippen LogP contribution is 2.18. The molecule has 0 fully saturated rings. The average Bonchev–Trinajstić information content (AvgIpc) is 2.65. The van der Waals surface area contributed by atoms with E-state index in [0.29, 0.717) is 6.54 Å². The smallest absolute Gasteiger partial charge is 0.109 e. The van der Waals surface area contributed by atoms with Crippen molar-refractivity contribution in [2.24, 2.45) is 5.73 Å². The summed E-state index contributed by atoms with van der Waals surface area (Å²) in [5.74, 6) is 1.19. The molecule has 3 nitrogen and oxygen atoms in total. The Morgan fingerprint density at radius 3 is 2.75 bits per heavy atom. The number of rotatable bonds is 4.